The Hall–Kier alpha value is -2.61. The van der Waals surface area contributed by atoms with Gasteiger partial charge in [-0.15, -0.1) is 0 Å². The lowest BCUT2D eigenvalue weighted by Gasteiger charge is -2.35. The third kappa shape index (κ3) is 6.75. The standard InChI is InChI=1S/C28H38FN3O3/c1-6-28(3,4)26(32-27(33)25-16-31-15-23(34-5)17-35-25)13-21-9-7-20(12-24(21)29)19-8-10-22(14-30)18(2)11-19/h7-12,14,23,25-26,30-31H,6,13,15-17H2,1-5H3,(H,32,33). The van der Waals surface area contributed by atoms with Crippen LogP contribution in [0.15, 0.2) is 36.4 Å². The van der Waals surface area contributed by atoms with Gasteiger partial charge in [-0.05, 0) is 59.1 Å². The van der Waals surface area contributed by atoms with Gasteiger partial charge < -0.3 is 25.5 Å². The molecule has 1 aliphatic rings. The number of nitrogens with one attached hydrogen (secondary N) is 3. The Morgan fingerprint density at radius 3 is 2.63 bits per heavy atom. The highest BCUT2D eigenvalue weighted by atomic mass is 19.1. The van der Waals surface area contributed by atoms with Gasteiger partial charge in [-0.2, -0.15) is 0 Å². The van der Waals surface area contributed by atoms with Crippen LogP contribution in [0, 0.1) is 23.6 Å². The van der Waals surface area contributed by atoms with Gasteiger partial charge in [0.05, 0.1) is 12.7 Å². The Labute approximate surface area is 208 Å². The normalized spacial score (nSPS) is 19.6. The predicted octanol–water partition coefficient (Wildman–Crippen LogP) is 4.27. The fourth-order valence-corrected chi connectivity index (χ4v) is 4.20. The van der Waals surface area contributed by atoms with Crippen LogP contribution in [0.2, 0.25) is 0 Å². The molecule has 0 spiro atoms. The Morgan fingerprint density at radius 2 is 2.00 bits per heavy atom. The van der Waals surface area contributed by atoms with Crippen molar-refractivity contribution in [1.29, 1.82) is 5.41 Å². The van der Waals surface area contributed by atoms with E-state index in [4.69, 9.17) is 14.9 Å². The summed E-state index contributed by atoms with van der Waals surface area (Å²) in [5.41, 5.74) is 3.83. The smallest absolute Gasteiger partial charge is 0.250 e. The lowest BCUT2D eigenvalue weighted by Crippen LogP contribution is -2.51. The zero-order valence-electron chi connectivity index (χ0n) is 21.4. The van der Waals surface area contributed by atoms with Crippen LogP contribution in [0.4, 0.5) is 4.39 Å². The number of carbonyl (C=O) groups excluding carboxylic acids is 1. The van der Waals surface area contributed by atoms with Crippen LogP contribution in [0.3, 0.4) is 0 Å². The summed E-state index contributed by atoms with van der Waals surface area (Å²) < 4.78 is 26.4. The van der Waals surface area contributed by atoms with Crippen molar-refractivity contribution in [2.45, 2.75) is 58.8 Å². The lowest BCUT2D eigenvalue weighted by molar-refractivity contribution is -0.135. The lowest BCUT2D eigenvalue weighted by atomic mass is 9.78. The van der Waals surface area contributed by atoms with Crippen LogP contribution in [0.25, 0.3) is 11.1 Å². The van der Waals surface area contributed by atoms with E-state index >= 15 is 4.39 Å². The predicted molar refractivity (Wildman–Crippen MR) is 138 cm³/mol. The number of amides is 1. The molecule has 1 heterocycles. The summed E-state index contributed by atoms with van der Waals surface area (Å²) in [7, 11) is 1.63. The van der Waals surface area contributed by atoms with Crippen LogP contribution in [0.5, 0.6) is 0 Å². The van der Waals surface area contributed by atoms with Gasteiger partial charge in [0, 0.05) is 32.5 Å². The quantitative estimate of drug-likeness (QED) is 0.465. The molecule has 0 aromatic heterocycles. The molecular formula is C28H38FN3O3. The Kier molecular flexibility index (Phi) is 9.16. The Bertz CT molecular complexity index is 1040. The number of hydrogen-bond donors (Lipinski definition) is 3. The number of carbonyl (C=O) groups is 1. The molecule has 35 heavy (non-hydrogen) atoms. The molecule has 0 radical (unpaired) electrons. The fourth-order valence-electron chi connectivity index (χ4n) is 4.20. The monoisotopic (exact) mass is 483 g/mol. The molecule has 7 heteroatoms. The summed E-state index contributed by atoms with van der Waals surface area (Å²) in [6.07, 6.45) is 1.81. The van der Waals surface area contributed by atoms with Gasteiger partial charge >= 0.3 is 0 Å². The van der Waals surface area contributed by atoms with E-state index in [1.54, 1.807) is 13.2 Å². The molecule has 3 N–H and O–H groups in total. The van der Waals surface area contributed by atoms with Crippen molar-refractivity contribution in [2.24, 2.45) is 5.41 Å². The van der Waals surface area contributed by atoms with Crippen molar-refractivity contribution in [3.63, 3.8) is 0 Å². The number of methoxy groups -OCH3 is 1. The van der Waals surface area contributed by atoms with E-state index in [-0.39, 0.29) is 29.3 Å². The van der Waals surface area contributed by atoms with Crippen LogP contribution in [0.1, 0.15) is 43.9 Å². The first-order valence-corrected chi connectivity index (χ1v) is 12.2. The van der Waals surface area contributed by atoms with E-state index in [0.29, 0.717) is 31.7 Å². The van der Waals surface area contributed by atoms with Crippen molar-refractivity contribution in [2.75, 3.05) is 26.8 Å². The fraction of sp³-hybridized carbons (Fsp3) is 0.500. The molecule has 0 bridgehead atoms. The van der Waals surface area contributed by atoms with Crippen molar-refractivity contribution in [3.8, 4) is 11.1 Å². The molecule has 2 aromatic rings. The van der Waals surface area contributed by atoms with Crippen molar-refractivity contribution in [1.82, 2.24) is 10.6 Å². The number of rotatable bonds is 9. The molecule has 0 aliphatic carbocycles. The molecule has 1 saturated heterocycles. The van der Waals surface area contributed by atoms with Gasteiger partial charge in [0.1, 0.15) is 11.9 Å². The highest BCUT2D eigenvalue weighted by molar-refractivity contribution is 5.82. The first-order chi connectivity index (χ1) is 16.7. The third-order valence-corrected chi connectivity index (χ3v) is 7.22. The maximum absolute atomic E-state index is 15.3. The number of ether oxygens (including phenoxy) is 2. The zero-order chi connectivity index (χ0) is 25.6. The van der Waals surface area contributed by atoms with E-state index in [1.807, 2.05) is 37.3 Å². The SMILES string of the molecule is CCC(C)(C)C(Cc1ccc(-c2ccc(C=N)c(C)c2)cc1F)NC(=O)C1CNCC(OC)CO1. The van der Waals surface area contributed by atoms with Gasteiger partial charge in [-0.3, -0.25) is 4.79 Å². The zero-order valence-corrected chi connectivity index (χ0v) is 21.4. The topological polar surface area (TPSA) is 83.4 Å². The summed E-state index contributed by atoms with van der Waals surface area (Å²) in [4.78, 5) is 13.1. The van der Waals surface area contributed by atoms with Gasteiger partial charge in [0.15, 0.2) is 0 Å². The molecule has 190 valence electrons. The molecule has 3 unspecified atom stereocenters. The van der Waals surface area contributed by atoms with Gasteiger partial charge in [0.2, 0.25) is 0 Å². The number of benzene rings is 2. The summed E-state index contributed by atoms with van der Waals surface area (Å²) >= 11 is 0. The molecule has 3 atom stereocenters. The Balaban J connectivity index is 1.77. The average molecular weight is 484 g/mol. The molecule has 2 aromatic carbocycles. The van der Waals surface area contributed by atoms with Crippen LogP contribution < -0.4 is 10.6 Å². The number of aryl methyl sites for hydroxylation is 1. The number of halogens is 1. The molecule has 6 nitrogen and oxygen atoms in total. The minimum atomic E-state index is -0.621. The van der Waals surface area contributed by atoms with Crippen LogP contribution in [-0.4, -0.2) is 57.2 Å². The maximum Gasteiger partial charge on any atom is 0.250 e. The second-order valence-corrected chi connectivity index (χ2v) is 9.97. The van der Waals surface area contributed by atoms with Crippen molar-refractivity contribution in [3.05, 3.63) is 58.9 Å². The summed E-state index contributed by atoms with van der Waals surface area (Å²) in [6.45, 7) is 9.58. The van der Waals surface area contributed by atoms with E-state index in [9.17, 15) is 4.79 Å². The van der Waals surface area contributed by atoms with Crippen LogP contribution >= 0.6 is 0 Å². The largest absolute Gasteiger partial charge is 0.378 e. The Morgan fingerprint density at radius 1 is 1.29 bits per heavy atom. The first kappa shape index (κ1) is 27.0. The van der Waals surface area contributed by atoms with E-state index in [1.165, 1.54) is 6.21 Å². The molecular weight excluding hydrogens is 445 g/mol. The summed E-state index contributed by atoms with van der Waals surface area (Å²) in [5.74, 6) is -0.489. The van der Waals surface area contributed by atoms with E-state index < -0.39 is 6.10 Å². The average Bonchev–Trinajstić information content (AvgIpc) is 3.10. The van der Waals surface area contributed by atoms with Crippen LogP contribution in [-0.2, 0) is 20.7 Å². The molecule has 0 saturated carbocycles. The van der Waals surface area contributed by atoms with E-state index in [0.717, 1.165) is 28.7 Å². The summed E-state index contributed by atoms with van der Waals surface area (Å²) in [5, 5.41) is 13.8. The second kappa shape index (κ2) is 11.9. The van der Waals surface area contributed by atoms with E-state index in [2.05, 4.69) is 31.4 Å². The van der Waals surface area contributed by atoms with Crippen molar-refractivity contribution < 1.29 is 18.7 Å². The maximum atomic E-state index is 15.3. The van der Waals surface area contributed by atoms with Gasteiger partial charge in [0.25, 0.3) is 5.91 Å². The molecule has 1 aliphatic heterocycles. The minimum absolute atomic E-state index is 0.0895. The number of hydrogen-bond acceptors (Lipinski definition) is 5. The van der Waals surface area contributed by atoms with Gasteiger partial charge in [-0.1, -0.05) is 51.1 Å². The molecule has 1 fully saturated rings. The third-order valence-electron chi connectivity index (χ3n) is 7.22. The minimum Gasteiger partial charge on any atom is -0.378 e. The van der Waals surface area contributed by atoms with Crippen molar-refractivity contribution >= 4 is 12.1 Å². The summed E-state index contributed by atoms with van der Waals surface area (Å²) in [6, 6.07) is 10.8. The highest BCUT2D eigenvalue weighted by Gasteiger charge is 2.33. The molecule has 1 amide bonds. The molecule has 3 rings (SSSR count). The second-order valence-electron chi connectivity index (χ2n) is 9.97. The first-order valence-electron chi connectivity index (χ1n) is 12.2. The highest BCUT2D eigenvalue weighted by Crippen LogP contribution is 2.30. The van der Waals surface area contributed by atoms with Gasteiger partial charge in [-0.25, -0.2) is 4.39 Å².